The van der Waals surface area contributed by atoms with Crippen LogP contribution in [0.15, 0.2) is 53.0 Å². The summed E-state index contributed by atoms with van der Waals surface area (Å²) < 4.78 is 11.2. The number of ether oxygens (including phenoxy) is 2. The third-order valence-corrected chi connectivity index (χ3v) is 5.09. The number of benzene rings is 2. The fourth-order valence-electron chi connectivity index (χ4n) is 2.68. The number of carbonyl (C=O) groups is 2. The normalized spacial score (nSPS) is 10.2. The van der Waals surface area contributed by atoms with E-state index in [9.17, 15) is 9.59 Å². The van der Waals surface area contributed by atoms with E-state index in [1.165, 1.54) is 0 Å². The number of hydrogen-bond donors (Lipinski definition) is 1. The maximum absolute atomic E-state index is 12.7. The summed E-state index contributed by atoms with van der Waals surface area (Å²) in [7, 11) is 0. The van der Waals surface area contributed by atoms with Crippen molar-refractivity contribution in [2.24, 2.45) is 0 Å². The Morgan fingerprint density at radius 2 is 1.83 bits per heavy atom. The Kier molecular flexibility index (Phi) is 9.76. The Morgan fingerprint density at radius 3 is 2.47 bits per heavy atom. The third-order valence-electron chi connectivity index (χ3n) is 4.11. The second-order valence-electron chi connectivity index (χ2n) is 6.30. The average molecular weight is 493 g/mol. The summed E-state index contributed by atoms with van der Waals surface area (Å²) in [5.74, 6) is 0.0230. The molecule has 30 heavy (non-hydrogen) atoms. The van der Waals surface area contributed by atoms with Crippen LogP contribution in [0.5, 0.6) is 5.75 Å². The van der Waals surface area contributed by atoms with Gasteiger partial charge in [-0.15, -0.1) is 0 Å². The summed E-state index contributed by atoms with van der Waals surface area (Å²) in [6.07, 6.45) is 0.172. The third kappa shape index (κ3) is 7.42. The molecule has 2 aromatic carbocycles. The molecule has 2 aromatic rings. The Hall–Kier alpha value is -2.45. The number of carbonyl (C=O) groups excluding carboxylic acids is 2. The first kappa shape index (κ1) is 23.8. The summed E-state index contributed by atoms with van der Waals surface area (Å²) in [5, 5.41) is 3.00. The van der Waals surface area contributed by atoms with Gasteiger partial charge in [0, 0.05) is 18.7 Å². The molecule has 0 unspecified atom stereocenters. The van der Waals surface area contributed by atoms with Crippen LogP contribution in [0.1, 0.15) is 36.2 Å². The first-order valence-electron chi connectivity index (χ1n) is 9.66. The van der Waals surface area contributed by atoms with E-state index in [0.29, 0.717) is 42.1 Å². The predicted octanol–water partition coefficient (Wildman–Crippen LogP) is 4.32. The van der Waals surface area contributed by atoms with Gasteiger partial charge in [-0.2, -0.15) is 0 Å². The maximum atomic E-state index is 12.7. The van der Waals surface area contributed by atoms with Crippen molar-refractivity contribution >= 4 is 45.1 Å². The van der Waals surface area contributed by atoms with E-state index in [1.807, 2.05) is 37.3 Å². The molecule has 0 bridgehead atoms. The largest absolute Gasteiger partial charge is 0.493 e. The number of hydrogen-bond acceptors (Lipinski definition) is 5. The van der Waals surface area contributed by atoms with Crippen molar-refractivity contribution in [3.05, 3.63) is 64.1 Å². The fourth-order valence-corrected chi connectivity index (χ4v) is 3.42. The van der Waals surface area contributed by atoms with Crippen LogP contribution in [0.4, 0.5) is 0 Å². The zero-order valence-electron chi connectivity index (χ0n) is 17.0. The number of thiocarbonyl (C=S) groups is 1. The minimum absolute atomic E-state index is 0.172. The molecule has 1 N–H and O–H groups in total. The van der Waals surface area contributed by atoms with Gasteiger partial charge >= 0.3 is 5.97 Å². The number of nitrogens with one attached hydrogen (secondary N) is 1. The molecule has 0 atom stereocenters. The summed E-state index contributed by atoms with van der Waals surface area (Å²) in [5.41, 5.74) is 1.46. The molecule has 2 rings (SSSR count). The minimum Gasteiger partial charge on any atom is -0.493 e. The van der Waals surface area contributed by atoms with Gasteiger partial charge in [-0.05, 0) is 65.8 Å². The molecule has 0 aliphatic rings. The highest BCUT2D eigenvalue weighted by Crippen LogP contribution is 2.26. The average Bonchev–Trinajstić information content (AvgIpc) is 2.73. The number of rotatable bonds is 9. The molecule has 0 aromatic heterocycles. The molecule has 0 spiro atoms. The van der Waals surface area contributed by atoms with Crippen molar-refractivity contribution in [3.63, 3.8) is 0 Å². The molecule has 6 nitrogen and oxygen atoms in total. The van der Waals surface area contributed by atoms with E-state index in [0.717, 1.165) is 5.56 Å². The smallest absolute Gasteiger partial charge is 0.307 e. The topological polar surface area (TPSA) is 67.9 Å². The van der Waals surface area contributed by atoms with Crippen molar-refractivity contribution < 1.29 is 19.1 Å². The standard InChI is InChI=1S/C22H25BrN2O4S/c1-3-28-19-11-10-17(14-18(19)23)21(27)24-22(30)25(13-12-20(26)29-4-2)15-16-8-6-5-7-9-16/h5-11,14H,3-4,12-13,15H2,1-2H3,(H,24,27,30). The van der Waals surface area contributed by atoms with Crippen LogP contribution in [0.25, 0.3) is 0 Å². The van der Waals surface area contributed by atoms with Crippen LogP contribution in [-0.4, -0.2) is 41.6 Å². The van der Waals surface area contributed by atoms with E-state index in [2.05, 4.69) is 21.2 Å². The first-order chi connectivity index (χ1) is 14.4. The van der Waals surface area contributed by atoms with E-state index in [-0.39, 0.29) is 23.4 Å². The van der Waals surface area contributed by atoms with Crippen molar-refractivity contribution in [1.29, 1.82) is 0 Å². The molecule has 0 fully saturated rings. The van der Waals surface area contributed by atoms with Gasteiger partial charge in [-0.1, -0.05) is 30.3 Å². The van der Waals surface area contributed by atoms with E-state index in [4.69, 9.17) is 21.7 Å². The molecular weight excluding hydrogens is 468 g/mol. The zero-order valence-corrected chi connectivity index (χ0v) is 19.4. The van der Waals surface area contributed by atoms with Gasteiger partial charge < -0.3 is 14.4 Å². The molecule has 0 heterocycles. The lowest BCUT2D eigenvalue weighted by Gasteiger charge is -2.25. The number of esters is 1. The van der Waals surface area contributed by atoms with Crippen molar-refractivity contribution in [2.45, 2.75) is 26.8 Å². The molecule has 0 aliphatic carbocycles. The van der Waals surface area contributed by atoms with Gasteiger partial charge in [-0.3, -0.25) is 14.9 Å². The van der Waals surface area contributed by atoms with Crippen LogP contribution < -0.4 is 10.1 Å². The second-order valence-corrected chi connectivity index (χ2v) is 7.54. The van der Waals surface area contributed by atoms with Crippen molar-refractivity contribution in [2.75, 3.05) is 19.8 Å². The van der Waals surface area contributed by atoms with Gasteiger partial charge in [0.2, 0.25) is 0 Å². The molecule has 0 saturated carbocycles. The van der Waals surface area contributed by atoms with Crippen molar-refractivity contribution in [3.8, 4) is 5.75 Å². The van der Waals surface area contributed by atoms with E-state index in [1.54, 1.807) is 30.0 Å². The number of amides is 1. The van der Waals surface area contributed by atoms with Crippen LogP contribution in [-0.2, 0) is 16.1 Å². The Bertz CT molecular complexity index is 877. The summed E-state index contributed by atoms with van der Waals surface area (Å²) in [6, 6.07) is 14.8. The Morgan fingerprint density at radius 1 is 1.10 bits per heavy atom. The first-order valence-corrected chi connectivity index (χ1v) is 10.9. The minimum atomic E-state index is -0.335. The summed E-state index contributed by atoms with van der Waals surface area (Å²) in [6.45, 7) is 5.31. The van der Waals surface area contributed by atoms with E-state index < -0.39 is 0 Å². The molecule has 8 heteroatoms. The molecule has 0 radical (unpaired) electrons. The number of nitrogens with zero attached hydrogens (tertiary/aromatic N) is 1. The van der Waals surface area contributed by atoms with Crippen LogP contribution in [0.2, 0.25) is 0 Å². The molecule has 160 valence electrons. The highest BCUT2D eigenvalue weighted by atomic mass is 79.9. The predicted molar refractivity (Wildman–Crippen MR) is 123 cm³/mol. The van der Waals surface area contributed by atoms with Crippen LogP contribution in [0, 0.1) is 0 Å². The molecule has 0 aliphatic heterocycles. The van der Waals surface area contributed by atoms with Gasteiger partial charge in [0.15, 0.2) is 5.11 Å². The van der Waals surface area contributed by atoms with E-state index >= 15 is 0 Å². The Labute approximate surface area is 190 Å². The molecule has 0 saturated heterocycles. The summed E-state index contributed by atoms with van der Waals surface area (Å²) in [4.78, 5) is 26.3. The highest BCUT2D eigenvalue weighted by molar-refractivity contribution is 9.10. The highest BCUT2D eigenvalue weighted by Gasteiger charge is 2.17. The maximum Gasteiger partial charge on any atom is 0.307 e. The molecule has 1 amide bonds. The zero-order chi connectivity index (χ0) is 21.9. The van der Waals surface area contributed by atoms with Gasteiger partial charge in [0.05, 0.1) is 24.1 Å². The van der Waals surface area contributed by atoms with Crippen LogP contribution in [0.3, 0.4) is 0 Å². The lowest BCUT2D eigenvalue weighted by atomic mass is 10.2. The SMILES string of the molecule is CCOC(=O)CCN(Cc1ccccc1)C(=S)NC(=O)c1ccc(OCC)c(Br)c1. The molecular formula is C22H25BrN2O4S. The van der Waals surface area contributed by atoms with Crippen molar-refractivity contribution in [1.82, 2.24) is 10.2 Å². The summed E-state index contributed by atoms with van der Waals surface area (Å²) >= 11 is 8.88. The number of halogens is 1. The van der Waals surface area contributed by atoms with Gasteiger partial charge in [0.1, 0.15) is 5.75 Å². The second kappa shape index (κ2) is 12.3. The monoisotopic (exact) mass is 492 g/mol. The quantitative estimate of drug-likeness (QED) is 0.415. The van der Waals surface area contributed by atoms with Gasteiger partial charge in [-0.25, -0.2) is 0 Å². The van der Waals surface area contributed by atoms with Gasteiger partial charge in [0.25, 0.3) is 5.91 Å². The lowest BCUT2D eigenvalue weighted by Crippen LogP contribution is -2.43. The van der Waals surface area contributed by atoms with Crippen LogP contribution >= 0.6 is 28.1 Å². The lowest BCUT2D eigenvalue weighted by molar-refractivity contribution is -0.143. The fraction of sp³-hybridized carbons (Fsp3) is 0.318. The Balaban J connectivity index is 2.08.